The zero-order chi connectivity index (χ0) is 24.7. The van der Waals surface area contributed by atoms with E-state index >= 15 is 4.39 Å². The number of carbonyl (C=O) groups is 1. The van der Waals surface area contributed by atoms with Crippen molar-refractivity contribution in [2.45, 2.75) is 36.6 Å². The number of nitrogens with zero attached hydrogens (tertiary/aromatic N) is 4. The summed E-state index contributed by atoms with van der Waals surface area (Å²) in [6.07, 6.45) is 5.48. The molecule has 0 spiro atoms. The molecule has 1 aromatic carbocycles. The molecule has 4 aromatic rings. The third kappa shape index (κ3) is 4.10. The smallest absolute Gasteiger partial charge is 0.349 e. The number of nitrogen functional groups attached to an aromatic ring is 1. The molecule has 0 bridgehead atoms. The molecule has 1 saturated carbocycles. The second-order valence-electron chi connectivity index (χ2n) is 8.09. The van der Waals surface area contributed by atoms with Crippen LogP contribution >= 0.6 is 11.3 Å². The Morgan fingerprint density at radius 1 is 1.26 bits per heavy atom. The quantitative estimate of drug-likeness (QED) is 0.367. The lowest BCUT2D eigenvalue weighted by Gasteiger charge is -2.10. The standard InChI is InChI=1S/C22H21FN6O4S2/c1-33-22(30)19-16(8-9-34-19)35(31,32)28-15-7-6-12(10-14(15)23)18-17-20(24)25-11-26-21(17)29(27-18)13-4-2-3-5-13/h6-11,13,28H,2-5H2,1H3,(H2,24,25,26). The first-order valence-corrected chi connectivity index (χ1v) is 13.1. The monoisotopic (exact) mass is 516 g/mol. The predicted octanol–water partition coefficient (Wildman–Crippen LogP) is 3.98. The van der Waals surface area contributed by atoms with Crippen LogP contribution in [0.3, 0.4) is 0 Å². The molecule has 0 saturated heterocycles. The fourth-order valence-electron chi connectivity index (χ4n) is 4.30. The number of esters is 1. The van der Waals surface area contributed by atoms with E-state index in [0.717, 1.165) is 44.1 Å². The molecule has 1 fully saturated rings. The minimum absolute atomic E-state index is 0.101. The molecule has 0 radical (unpaired) electrons. The number of thiophene rings is 1. The van der Waals surface area contributed by atoms with Crippen molar-refractivity contribution >= 4 is 49.9 Å². The maximum atomic E-state index is 15.1. The number of aromatic nitrogens is 4. The zero-order valence-corrected chi connectivity index (χ0v) is 20.2. The fraction of sp³-hybridized carbons (Fsp3) is 0.273. The minimum Gasteiger partial charge on any atom is -0.465 e. The van der Waals surface area contributed by atoms with Gasteiger partial charge in [0.1, 0.15) is 33.4 Å². The number of halogens is 1. The summed E-state index contributed by atoms with van der Waals surface area (Å²) in [7, 11) is -3.09. The van der Waals surface area contributed by atoms with Gasteiger partial charge in [-0.3, -0.25) is 4.72 Å². The Morgan fingerprint density at radius 2 is 2.03 bits per heavy atom. The molecule has 0 atom stereocenters. The van der Waals surface area contributed by atoms with E-state index in [0.29, 0.717) is 22.3 Å². The van der Waals surface area contributed by atoms with E-state index in [9.17, 15) is 13.2 Å². The molecule has 3 N–H and O–H groups in total. The van der Waals surface area contributed by atoms with Crippen LogP contribution in [0.1, 0.15) is 41.4 Å². The molecule has 0 unspecified atom stereocenters. The van der Waals surface area contributed by atoms with Crippen molar-refractivity contribution in [3.8, 4) is 11.3 Å². The van der Waals surface area contributed by atoms with Crippen molar-refractivity contribution in [3.63, 3.8) is 0 Å². The lowest BCUT2D eigenvalue weighted by atomic mass is 10.1. The van der Waals surface area contributed by atoms with E-state index in [1.165, 1.54) is 29.9 Å². The van der Waals surface area contributed by atoms with E-state index in [1.54, 1.807) is 6.07 Å². The Morgan fingerprint density at radius 3 is 2.74 bits per heavy atom. The molecule has 0 aliphatic heterocycles. The molecule has 3 heterocycles. The van der Waals surface area contributed by atoms with Crippen LogP contribution in [-0.2, 0) is 14.8 Å². The highest BCUT2D eigenvalue weighted by molar-refractivity contribution is 7.93. The number of methoxy groups -OCH3 is 1. The highest BCUT2D eigenvalue weighted by Crippen LogP contribution is 2.37. The molecule has 3 aromatic heterocycles. The SMILES string of the molecule is COC(=O)c1sccc1S(=O)(=O)Nc1ccc(-c2nn(C3CCCC3)c3ncnc(N)c23)cc1F. The van der Waals surface area contributed by atoms with Crippen LogP contribution in [0.4, 0.5) is 15.9 Å². The largest absolute Gasteiger partial charge is 0.465 e. The number of nitrogens with two attached hydrogens (primary N) is 1. The number of anilines is 2. The third-order valence-corrected chi connectivity index (χ3v) is 8.40. The van der Waals surface area contributed by atoms with Crippen molar-refractivity contribution in [1.29, 1.82) is 0 Å². The van der Waals surface area contributed by atoms with E-state index in [2.05, 4.69) is 19.4 Å². The van der Waals surface area contributed by atoms with Gasteiger partial charge in [0.2, 0.25) is 0 Å². The van der Waals surface area contributed by atoms with Crippen LogP contribution in [0.15, 0.2) is 40.9 Å². The Hall–Kier alpha value is -3.58. The van der Waals surface area contributed by atoms with Gasteiger partial charge >= 0.3 is 5.97 Å². The highest BCUT2D eigenvalue weighted by atomic mass is 32.2. The number of carbonyl (C=O) groups excluding carboxylic acids is 1. The topological polar surface area (TPSA) is 142 Å². The lowest BCUT2D eigenvalue weighted by molar-refractivity contribution is 0.0602. The number of sulfonamides is 1. The van der Waals surface area contributed by atoms with Gasteiger partial charge in [-0.15, -0.1) is 11.3 Å². The van der Waals surface area contributed by atoms with Crippen molar-refractivity contribution in [3.05, 3.63) is 46.7 Å². The van der Waals surface area contributed by atoms with Crippen LogP contribution < -0.4 is 10.5 Å². The van der Waals surface area contributed by atoms with Gasteiger partial charge in [0.05, 0.1) is 24.2 Å². The normalized spacial score (nSPS) is 14.5. The fourth-order valence-corrected chi connectivity index (χ4v) is 6.70. The molecule has 13 heteroatoms. The number of ether oxygens (including phenoxy) is 1. The summed E-state index contributed by atoms with van der Waals surface area (Å²) in [6, 6.07) is 5.46. The molecular formula is C22H21FN6O4S2. The average Bonchev–Trinajstić information content (AvgIpc) is 3.59. The summed E-state index contributed by atoms with van der Waals surface area (Å²) in [5.41, 5.74) is 7.26. The second-order valence-corrected chi connectivity index (χ2v) is 10.7. The van der Waals surface area contributed by atoms with Gasteiger partial charge in [-0.05, 0) is 36.4 Å². The maximum Gasteiger partial charge on any atom is 0.349 e. The van der Waals surface area contributed by atoms with E-state index < -0.39 is 21.8 Å². The van der Waals surface area contributed by atoms with Crippen LogP contribution in [0, 0.1) is 5.82 Å². The summed E-state index contributed by atoms with van der Waals surface area (Å²) < 4.78 is 49.5. The molecule has 0 amide bonds. The summed E-state index contributed by atoms with van der Waals surface area (Å²) in [5.74, 6) is -1.38. The van der Waals surface area contributed by atoms with Crippen molar-refractivity contribution < 1.29 is 22.3 Å². The molecular weight excluding hydrogens is 495 g/mol. The van der Waals surface area contributed by atoms with Crippen LogP contribution in [0.5, 0.6) is 0 Å². The second kappa shape index (κ2) is 8.89. The third-order valence-electron chi connectivity index (χ3n) is 5.96. The number of nitrogens with one attached hydrogen (secondary N) is 1. The number of hydrogen-bond donors (Lipinski definition) is 2. The summed E-state index contributed by atoms with van der Waals surface area (Å²) in [6.45, 7) is 0. The Kier molecular flexibility index (Phi) is 5.89. The van der Waals surface area contributed by atoms with E-state index in [-0.39, 0.29) is 27.3 Å². The number of fused-ring (bicyclic) bond motifs is 1. The van der Waals surface area contributed by atoms with Gasteiger partial charge in [-0.1, -0.05) is 18.9 Å². The van der Waals surface area contributed by atoms with Crippen LogP contribution in [0.25, 0.3) is 22.3 Å². The first-order chi connectivity index (χ1) is 16.8. The van der Waals surface area contributed by atoms with Crippen molar-refractivity contribution in [2.24, 2.45) is 0 Å². The van der Waals surface area contributed by atoms with Gasteiger partial charge in [-0.2, -0.15) is 5.10 Å². The Balaban J connectivity index is 1.52. The maximum absolute atomic E-state index is 15.1. The van der Waals surface area contributed by atoms with Gasteiger partial charge in [0.15, 0.2) is 5.65 Å². The molecule has 1 aliphatic rings. The number of rotatable bonds is 6. The molecule has 10 nitrogen and oxygen atoms in total. The first-order valence-electron chi connectivity index (χ1n) is 10.8. The van der Waals surface area contributed by atoms with Crippen LogP contribution in [0.2, 0.25) is 0 Å². The Bertz CT molecular complexity index is 1540. The summed E-state index contributed by atoms with van der Waals surface area (Å²) in [4.78, 5) is 19.9. The predicted molar refractivity (Wildman–Crippen MR) is 129 cm³/mol. The van der Waals surface area contributed by atoms with Gasteiger partial charge in [0.25, 0.3) is 10.0 Å². The Labute approximate surface area is 204 Å². The van der Waals surface area contributed by atoms with Gasteiger partial charge < -0.3 is 10.5 Å². The highest BCUT2D eigenvalue weighted by Gasteiger charge is 2.27. The van der Waals surface area contributed by atoms with Gasteiger partial charge in [-0.25, -0.2) is 32.3 Å². The van der Waals surface area contributed by atoms with Crippen molar-refractivity contribution in [2.75, 3.05) is 17.6 Å². The van der Waals surface area contributed by atoms with Crippen LogP contribution in [-0.4, -0.2) is 41.2 Å². The van der Waals surface area contributed by atoms with Gasteiger partial charge in [0, 0.05) is 5.56 Å². The molecule has 5 rings (SSSR count). The molecule has 35 heavy (non-hydrogen) atoms. The average molecular weight is 517 g/mol. The minimum atomic E-state index is -4.24. The summed E-state index contributed by atoms with van der Waals surface area (Å²) >= 11 is 0.917. The molecule has 182 valence electrons. The zero-order valence-electron chi connectivity index (χ0n) is 18.6. The van der Waals surface area contributed by atoms with Crippen molar-refractivity contribution in [1.82, 2.24) is 19.7 Å². The summed E-state index contributed by atoms with van der Waals surface area (Å²) in [5, 5.41) is 6.67. The number of benzene rings is 1. The first kappa shape index (κ1) is 23.2. The van der Waals surface area contributed by atoms with E-state index in [4.69, 9.17) is 10.8 Å². The number of hydrogen-bond acceptors (Lipinski definition) is 9. The lowest BCUT2D eigenvalue weighted by Crippen LogP contribution is -2.16. The van der Waals surface area contributed by atoms with E-state index in [1.807, 2.05) is 4.68 Å². The molecule has 1 aliphatic carbocycles.